The maximum absolute atomic E-state index is 13.9. The highest BCUT2D eigenvalue weighted by Gasteiger charge is 2.38. The molecule has 0 bridgehead atoms. The Hall–Kier alpha value is -2.61. The average Bonchev–Trinajstić information content (AvgIpc) is 2.66. The van der Waals surface area contributed by atoms with Crippen molar-refractivity contribution in [2.75, 3.05) is 13.2 Å². The molecule has 0 radical (unpaired) electrons. The van der Waals surface area contributed by atoms with Gasteiger partial charge in [-0.1, -0.05) is 37.6 Å². The molecule has 2 unspecified atom stereocenters. The molecule has 0 saturated carbocycles. The van der Waals surface area contributed by atoms with Crippen LogP contribution in [0.1, 0.15) is 84.5 Å². The Morgan fingerprint density at radius 2 is 1.66 bits per heavy atom. The fraction of sp³-hybridized carbons (Fsp3) is 0.667. The highest BCUT2D eigenvalue weighted by Crippen LogP contribution is 2.28. The van der Waals surface area contributed by atoms with Crippen LogP contribution in [0.5, 0.6) is 0 Å². The van der Waals surface area contributed by atoms with Gasteiger partial charge in [0.15, 0.2) is 0 Å². The third kappa shape index (κ3) is 10.3. The van der Waals surface area contributed by atoms with Gasteiger partial charge in [0.25, 0.3) is 0 Å². The van der Waals surface area contributed by atoms with E-state index in [2.05, 4.69) is 10.6 Å². The van der Waals surface area contributed by atoms with Crippen molar-refractivity contribution in [1.29, 1.82) is 0 Å². The summed E-state index contributed by atoms with van der Waals surface area (Å²) in [6.45, 7) is 18.1. The minimum absolute atomic E-state index is 0.0704. The van der Waals surface area contributed by atoms with Crippen LogP contribution in [-0.4, -0.2) is 58.2 Å². The summed E-state index contributed by atoms with van der Waals surface area (Å²) < 4.78 is 5.38. The van der Waals surface area contributed by atoms with Gasteiger partial charge < -0.3 is 25.4 Å². The lowest BCUT2D eigenvalue weighted by Crippen LogP contribution is -2.55. The fourth-order valence-corrected chi connectivity index (χ4v) is 3.76. The molecule has 3 amide bonds. The molecule has 0 saturated heterocycles. The molecule has 8 heteroatoms. The van der Waals surface area contributed by atoms with Gasteiger partial charge in [-0.05, 0) is 78.9 Å². The topological polar surface area (TPSA) is 108 Å². The quantitative estimate of drug-likeness (QED) is 0.484. The van der Waals surface area contributed by atoms with Crippen molar-refractivity contribution in [2.45, 2.75) is 98.9 Å². The summed E-state index contributed by atoms with van der Waals surface area (Å²) in [4.78, 5) is 41.4. The number of ether oxygens (including phenoxy) is 1. The fourth-order valence-electron chi connectivity index (χ4n) is 3.76. The summed E-state index contributed by atoms with van der Waals surface area (Å²) in [7, 11) is 0. The largest absolute Gasteiger partial charge is 0.444 e. The van der Waals surface area contributed by atoms with Crippen molar-refractivity contribution < 1.29 is 24.2 Å². The van der Waals surface area contributed by atoms with Crippen LogP contribution < -0.4 is 10.6 Å². The summed E-state index contributed by atoms with van der Waals surface area (Å²) >= 11 is 0. The van der Waals surface area contributed by atoms with E-state index in [1.807, 2.05) is 66.7 Å². The molecule has 1 rings (SSSR count). The first kappa shape index (κ1) is 30.4. The van der Waals surface area contributed by atoms with E-state index < -0.39 is 35.2 Å². The Balaban J connectivity index is 3.54. The SMILES string of the molecule is Cc1ccc(C)c(C(C(=O)NC(C)(C)C)N(CCO)C(=O)C(CC(C)C)NC(=O)OC(C)(C)C)c1. The number of nitrogens with one attached hydrogen (secondary N) is 2. The first-order valence-electron chi connectivity index (χ1n) is 12.2. The lowest BCUT2D eigenvalue weighted by molar-refractivity contribution is -0.144. The molecule has 3 N–H and O–H groups in total. The Kier molecular flexibility index (Phi) is 10.8. The second-order valence-electron chi connectivity index (χ2n) is 11.6. The predicted octanol–water partition coefficient (Wildman–Crippen LogP) is 4.02. The second-order valence-corrected chi connectivity index (χ2v) is 11.6. The zero-order valence-electron chi connectivity index (χ0n) is 23.1. The molecular weight excluding hydrogens is 446 g/mol. The number of rotatable bonds is 9. The van der Waals surface area contributed by atoms with Gasteiger partial charge >= 0.3 is 6.09 Å². The number of aryl methyl sites for hydroxylation is 2. The highest BCUT2D eigenvalue weighted by molar-refractivity contribution is 5.92. The van der Waals surface area contributed by atoms with Crippen LogP contribution in [0.25, 0.3) is 0 Å². The maximum Gasteiger partial charge on any atom is 0.408 e. The molecule has 0 aliphatic heterocycles. The molecule has 1 aromatic carbocycles. The number of aliphatic hydroxyl groups is 1. The first-order valence-corrected chi connectivity index (χ1v) is 12.2. The normalized spacial score (nSPS) is 13.7. The smallest absolute Gasteiger partial charge is 0.408 e. The lowest BCUT2D eigenvalue weighted by Gasteiger charge is -2.36. The zero-order chi connectivity index (χ0) is 27.1. The number of alkyl carbamates (subject to hydrolysis) is 1. The molecule has 198 valence electrons. The Morgan fingerprint density at radius 1 is 1.06 bits per heavy atom. The average molecular weight is 492 g/mol. The number of amides is 3. The number of aliphatic hydroxyl groups excluding tert-OH is 1. The highest BCUT2D eigenvalue weighted by atomic mass is 16.6. The van der Waals surface area contributed by atoms with Crippen LogP contribution in [0.2, 0.25) is 0 Å². The minimum Gasteiger partial charge on any atom is -0.444 e. The number of benzene rings is 1. The molecular formula is C27H45N3O5. The third-order valence-corrected chi connectivity index (χ3v) is 5.11. The van der Waals surface area contributed by atoms with Crippen molar-refractivity contribution in [3.8, 4) is 0 Å². The Bertz CT molecular complexity index is 884. The molecule has 0 heterocycles. The number of carbonyl (C=O) groups excluding carboxylic acids is 3. The van der Waals surface area contributed by atoms with Crippen LogP contribution in [0, 0.1) is 19.8 Å². The number of hydrogen-bond donors (Lipinski definition) is 3. The van der Waals surface area contributed by atoms with Gasteiger partial charge in [-0.15, -0.1) is 0 Å². The van der Waals surface area contributed by atoms with E-state index in [0.717, 1.165) is 11.1 Å². The molecule has 0 spiro atoms. The molecule has 0 fully saturated rings. The van der Waals surface area contributed by atoms with E-state index in [1.165, 1.54) is 4.90 Å². The Morgan fingerprint density at radius 3 is 2.14 bits per heavy atom. The monoisotopic (exact) mass is 491 g/mol. The first-order chi connectivity index (χ1) is 15.9. The van der Waals surface area contributed by atoms with Gasteiger partial charge in [0.2, 0.25) is 11.8 Å². The van der Waals surface area contributed by atoms with Crippen LogP contribution in [0.4, 0.5) is 4.79 Å². The van der Waals surface area contributed by atoms with Gasteiger partial charge in [-0.3, -0.25) is 9.59 Å². The molecule has 35 heavy (non-hydrogen) atoms. The summed E-state index contributed by atoms with van der Waals surface area (Å²) in [6.07, 6.45) is -0.358. The van der Waals surface area contributed by atoms with Crippen molar-refractivity contribution >= 4 is 17.9 Å². The molecule has 0 aliphatic carbocycles. The van der Waals surface area contributed by atoms with Gasteiger partial charge in [0.1, 0.15) is 17.7 Å². The standard InChI is InChI=1S/C27H45N3O5/c1-17(2)15-21(28-25(34)35-27(8,9)10)24(33)30(13-14-31)22(23(32)29-26(5,6)7)20-16-18(3)11-12-19(20)4/h11-12,16-17,21-22,31H,13-15H2,1-10H3,(H,28,34)(H,29,32). The summed E-state index contributed by atoms with van der Waals surface area (Å²) in [5, 5.41) is 15.6. The minimum atomic E-state index is -0.983. The van der Waals surface area contributed by atoms with Crippen molar-refractivity contribution in [2.24, 2.45) is 5.92 Å². The van der Waals surface area contributed by atoms with E-state index in [4.69, 9.17) is 4.74 Å². The molecule has 2 atom stereocenters. The van der Waals surface area contributed by atoms with Gasteiger partial charge in [-0.2, -0.15) is 0 Å². The lowest BCUT2D eigenvalue weighted by atomic mass is 9.94. The van der Waals surface area contributed by atoms with Crippen molar-refractivity contribution in [1.82, 2.24) is 15.5 Å². The molecule has 8 nitrogen and oxygen atoms in total. The van der Waals surface area contributed by atoms with Gasteiger partial charge in [0, 0.05) is 12.1 Å². The number of carbonyl (C=O) groups is 3. The summed E-state index contributed by atoms with van der Waals surface area (Å²) in [5.41, 5.74) is 1.21. The Labute approximate surface area is 210 Å². The van der Waals surface area contributed by atoms with E-state index >= 15 is 0 Å². The second kappa shape index (κ2) is 12.4. The molecule has 1 aromatic rings. The zero-order valence-corrected chi connectivity index (χ0v) is 23.1. The predicted molar refractivity (Wildman–Crippen MR) is 138 cm³/mol. The van der Waals surface area contributed by atoms with E-state index in [9.17, 15) is 19.5 Å². The van der Waals surface area contributed by atoms with Crippen LogP contribution in [0.3, 0.4) is 0 Å². The third-order valence-electron chi connectivity index (χ3n) is 5.11. The van der Waals surface area contributed by atoms with Crippen molar-refractivity contribution in [3.05, 3.63) is 34.9 Å². The van der Waals surface area contributed by atoms with E-state index in [-0.39, 0.29) is 25.0 Å². The van der Waals surface area contributed by atoms with Crippen LogP contribution in [0.15, 0.2) is 18.2 Å². The molecule has 0 aliphatic rings. The van der Waals surface area contributed by atoms with E-state index in [1.54, 1.807) is 20.8 Å². The van der Waals surface area contributed by atoms with Crippen LogP contribution >= 0.6 is 0 Å². The van der Waals surface area contributed by atoms with Crippen LogP contribution in [-0.2, 0) is 14.3 Å². The van der Waals surface area contributed by atoms with Gasteiger partial charge in [0.05, 0.1) is 6.61 Å². The maximum atomic E-state index is 13.9. The molecule has 0 aromatic heterocycles. The van der Waals surface area contributed by atoms with Gasteiger partial charge in [-0.25, -0.2) is 4.79 Å². The summed E-state index contributed by atoms with van der Waals surface area (Å²) in [5.74, 6) is -0.723. The van der Waals surface area contributed by atoms with E-state index in [0.29, 0.717) is 12.0 Å². The summed E-state index contributed by atoms with van der Waals surface area (Å²) in [6, 6.07) is 3.84. The number of nitrogens with zero attached hydrogens (tertiary/aromatic N) is 1. The van der Waals surface area contributed by atoms with Crippen molar-refractivity contribution in [3.63, 3.8) is 0 Å². The number of hydrogen-bond acceptors (Lipinski definition) is 5.